The van der Waals surface area contributed by atoms with E-state index in [1.54, 1.807) is 31.3 Å². The van der Waals surface area contributed by atoms with Gasteiger partial charge in [0.1, 0.15) is 5.82 Å². The molecule has 3 rings (SSSR count). The Hall–Kier alpha value is -3.35. The number of ether oxygens (including phenoxy) is 2. The standard InChI is InChI=1S/C23H27N3O4/c1-15(2)30-22-18(6-5-7-19(22)29-4)14-26(3)21(28)11-8-16-12-17-9-10-20(27)25-23(17)24-13-16/h5-8,11-13,15H,9-10,14H2,1-4H3,(H,24,25,27)/b11-8+. The van der Waals surface area contributed by atoms with Crippen molar-refractivity contribution in [3.05, 3.63) is 53.2 Å². The van der Waals surface area contributed by atoms with Crippen molar-refractivity contribution in [2.24, 2.45) is 0 Å². The Balaban J connectivity index is 1.70. The van der Waals surface area contributed by atoms with E-state index in [2.05, 4.69) is 10.3 Å². The highest BCUT2D eigenvalue weighted by atomic mass is 16.5. The lowest BCUT2D eigenvalue weighted by Gasteiger charge is -2.21. The zero-order valence-electron chi connectivity index (χ0n) is 17.8. The highest BCUT2D eigenvalue weighted by Crippen LogP contribution is 2.32. The average molecular weight is 409 g/mol. The van der Waals surface area contributed by atoms with Crippen LogP contribution in [0.25, 0.3) is 6.08 Å². The molecule has 1 aromatic heterocycles. The Kier molecular flexibility index (Phi) is 6.72. The zero-order chi connectivity index (χ0) is 21.7. The van der Waals surface area contributed by atoms with Gasteiger partial charge in [0, 0.05) is 37.8 Å². The molecule has 2 heterocycles. The highest BCUT2D eigenvalue weighted by molar-refractivity contribution is 5.93. The second-order valence-electron chi connectivity index (χ2n) is 7.47. The number of aromatic nitrogens is 1. The van der Waals surface area contributed by atoms with Crippen molar-refractivity contribution in [2.45, 2.75) is 39.3 Å². The van der Waals surface area contributed by atoms with Crippen LogP contribution in [0.2, 0.25) is 0 Å². The number of carbonyl (C=O) groups excluding carboxylic acids is 2. The SMILES string of the molecule is COc1cccc(CN(C)C(=O)/C=C/c2cnc3c(c2)CCC(=O)N3)c1OC(C)C. The number of methoxy groups -OCH3 is 1. The van der Waals surface area contributed by atoms with E-state index >= 15 is 0 Å². The van der Waals surface area contributed by atoms with E-state index in [-0.39, 0.29) is 17.9 Å². The second-order valence-corrected chi connectivity index (χ2v) is 7.47. The van der Waals surface area contributed by atoms with Crippen molar-refractivity contribution in [1.29, 1.82) is 0 Å². The van der Waals surface area contributed by atoms with E-state index in [4.69, 9.17) is 9.47 Å². The largest absolute Gasteiger partial charge is 0.493 e. The van der Waals surface area contributed by atoms with Gasteiger partial charge >= 0.3 is 0 Å². The third-order valence-electron chi connectivity index (χ3n) is 4.70. The maximum Gasteiger partial charge on any atom is 0.246 e. The first-order valence-electron chi connectivity index (χ1n) is 9.92. The lowest BCUT2D eigenvalue weighted by atomic mass is 10.0. The van der Waals surface area contributed by atoms with Crippen molar-refractivity contribution in [3.63, 3.8) is 0 Å². The molecule has 7 nitrogen and oxygen atoms in total. The molecule has 2 aromatic rings. The molecule has 0 saturated carbocycles. The number of hydrogen-bond donors (Lipinski definition) is 1. The first-order chi connectivity index (χ1) is 14.4. The summed E-state index contributed by atoms with van der Waals surface area (Å²) in [6.45, 7) is 4.29. The fourth-order valence-electron chi connectivity index (χ4n) is 3.21. The van der Waals surface area contributed by atoms with Gasteiger partial charge in [-0.05, 0) is 49.6 Å². The summed E-state index contributed by atoms with van der Waals surface area (Å²) in [7, 11) is 3.34. The fourth-order valence-corrected chi connectivity index (χ4v) is 3.21. The van der Waals surface area contributed by atoms with Crippen LogP contribution in [-0.4, -0.2) is 42.0 Å². The number of benzene rings is 1. The molecule has 1 aliphatic heterocycles. The van der Waals surface area contributed by atoms with Crippen LogP contribution in [0.15, 0.2) is 36.5 Å². The molecule has 1 aromatic carbocycles. The molecular formula is C23H27N3O4. The number of likely N-dealkylation sites (N-methyl/N-ethyl adjacent to an activating group) is 1. The normalized spacial score (nSPS) is 13.2. The van der Waals surface area contributed by atoms with Crippen LogP contribution >= 0.6 is 0 Å². The Labute approximate surface area is 176 Å². The van der Waals surface area contributed by atoms with E-state index in [9.17, 15) is 9.59 Å². The molecule has 0 radical (unpaired) electrons. The van der Waals surface area contributed by atoms with Gasteiger partial charge in [-0.3, -0.25) is 9.59 Å². The number of amides is 2. The minimum absolute atomic E-state index is 0.0118. The second kappa shape index (κ2) is 9.43. The molecule has 0 saturated heterocycles. The molecule has 1 N–H and O–H groups in total. The molecule has 0 atom stereocenters. The number of carbonyl (C=O) groups is 2. The van der Waals surface area contributed by atoms with Gasteiger partial charge < -0.3 is 19.7 Å². The van der Waals surface area contributed by atoms with Crippen molar-refractivity contribution in [3.8, 4) is 11.5 Å². The Morgan fingerprint density at radius 2 is 2.13 bits per heavy atom. The lowest BCUT2D eigenvalue weighted by Crippen LogP contribution is -2.24. The summed E-state index contributed by atoms with van der Waals surface area (Å²) in [6.07, 6.45) is 5.99. The van der Waals surface area contributed by atoms with Crippen LogP contribution in [0.1, 0.15) is 37.0 Å². The van der Waals surface area contributed by atoms with Crippen LogP contribution in [0.3, 0.4) is 0 Å². The topological polar surface area (TPSA) is 80.8 Å². The molecule has 0 fully saturated rings. The third-order valence-corrected chi connectivity index (χ3v) is 4.70. The highest BCUT2D eigenvalue weighted by Gasteiger charge is 2.17. The lowest BCUT2D eigenvalue weighted by molar-refractivity contribution is -0.125. The molecule has 0 spiro atoms. The smallest absolute Gasteiger partial charge is 0.246 e. The maximum absolute atomic E-state index is 12.6. The van der Waals surface area contributed by atoms with Crippen LogP contribution in [0.4, 0.5) is 5.82 Å². The summed E-state index contributed by atoms with van der Waals surface area (Å²) in [4.78, 5) is 30.0. The molecule has 2 amide bonds. The van der Waals surface area contributed by atoms with Crippen molar-refractivity contribution in [1.82, 2.24) is 9.88 Å². The van der Waals surface area contributed by atoms with Crippen LogP contribution in [-0.2, 0) is 22.6 Å². The van der Waals surface area contributed by atoms with Crippen LogP contribution in [0, 0.1) is 0 Å². The maximum atomic E-state index is 12.6. The minimum Gasteiger partial charge on any atom is -0.493 e. The molecule has 0 unspecified atom stereocenters. The van der Waals surface area contributed by atoms with Crippen LogP contribution < -0.4 is 14.8 Å². The van der Waals surface area contributed by atoms with Crippen LogP contribution in [0.5, 0.6) is 11.5 Å². The minimum atomic E-state index is -0.139. The van der Waals surface area contributed by atoms with Crippen molar-refractivity contribution in [2.75, 3.05) is 19.5 Å². The quantitative estimate of drug-likeness (QED) is 0.709. The summed E-state index contributed by atoms with van der Waals surface area (Å²) in [6, 6.07) is 7.60. The summed E-state index contributed by atoms with van der Waals surface area (Å²) in [5, 5.41) is 2.75. The number of aryl methyl sites for hydroxylation is 1. The van der Waals surface area contributed by atoms with Gasteiger partial charge in [-0.1, -0.05) is 12.1 Å². The summed E-state index contributed by atoms with van der Waals surface area (Å²) < 4.78 is 11.3. The molecule has 7 heteroatoms. The number of para-hydroxylation sites is 1. The predicted octanol–water partition coefficient (Wildman–Crippen LogP) is 3.43. The monoisotopic (exact) mass is 409 g/mol. The number of hydrogen-bond acceptors (Lipinski definition) is 5. The Bertz CT molecular complexity index is 969. The third kappa shape index (κ3) is 5.17. The predicted molar refractivity (Wildman–Crippen MR) is 115 cm³/mol. The number of anilines is 1. The van der Waals surface area contributed by atoms with E-state index in [0.717, 1.165) is 16.7 Å². The van der Waals surface area contributed by atoms with Gasteiger partial charge in [-0.2, -0.15) is 0 Å². The first kappa shape index (κ1) is 21.4. The van der Waals surface area contributed by atoms with Gasteiger partial charge in [-0.25, -0.2) is 4.98 Å². The van der Waals surface area contributed by atoms with E-state index in [1.807, 2.05) is 38.1 Å². The molecule has 0 bridgehead atoms. The van der Waals surface area contributed by atoms with Crippen molar-refractivity contribution >= 4 is 23.7 Å². The van der Waals surface area contributed by atoms with E-state index in [0.29, 0.717) is 36.7 Å². The Morgan fingerprint density at radius 3 is 2.87 bits per heavy atom. The van der Waals surface area contributed by atoms with Gasteiger partial charge in [0.2, 0.25) is 11.8 Å². The summed E-state index contributed by atoms with van der Waals surface area (Å²) in [5.41, 5.74) is 2.67. The number of pyridine rings is 1. The number of rotatable bonds is 7. The van der Waals surface area contributed by atoms with Gasteiger partial charge in [0.25, 0.3) is 0 Å². The molecule has 1 aliphatic rings. The molecule has 158 valence electrons. The molecular weight excluding hydrogens is 382 g/mol. The number of nitrogens with zero attached hydrogens (tertiary/aromatic N) is 2. The summed E-state index contributed by atoms with van der Waals surface area (Å²) >= 11 is 0. The van der Waals surface area contributed by atoms with Gasteiger partial charge in [0.05, 0.1) is 13.2 Å². The summed E-state index contributed by atoms with van der Waals surface area (Å²) in [5.74, 6) is 1.74. The Morgan fingerprint density at radius 1 is 1.33 bits per heavy atom. The zero-order valence-corrected chi connectivity index (χ0v) is 17.8. The average Bonchev–Trinajstić information content (AvgIpc) is 2.72. The van der Waals surface area contributed by atoms with Gasteiger partial charge in [-0.15, -0.1) is 0 Å². The fraction of sp³-hybridized carbons (Fsp3) is 0.348. The first-order valence-corrected chi connectivity index (χ1v) is 9.92. The van der Waals surface area contributed by atoms with E-state index in [1.165, 1.54) is 6.08 Å². The molecule has 0 aliphatic carbocycles. The van der Waals surface area contributed by atoms with Crippen molar-refractivity contribution < 1.29 is 19.1 Å². The number of fused-ring (bicyclic) bond motifs is 1. The number of nitrogens with one attached hydrogen (secondary N) is 1. The van der Waals surface area contributed by atoms with E-state index < -0.39 is 0 Å². The van der Waals surface area contributed by atoms with Gasteiger partial charge in [0.15, 0.2) is 11.5 Å². The molecule has 30 heavy (non-hydrogen) atoms.